The normalized spacial score (nSPS) is 16.9. The Labute approximate surface area is 154 Å². The van der Waals surface area contributed by atoms with Gasteiger partial charge >= 0.3 is 0 Å². The minimum atomic E-state index is -3.61. The van der Waals surface area contributed by atoms with Crippen LogP contribution in [0.25, 0.3) is 0 Å². The fourth-order valence-corrected chi connectivity index (χ4v) is 4.64. The van der Waals surface area contributed by atoms with Gasteiger partial charge in [0.15, 0.2) is 0 Å². The van der Waals surface area contributed by atoms with Gasteiger partial charge in [-0.2, -0.15) is 4.31 Å². The molecular formula is C17H18BrFN2O3S. The van der Waals surface area contributed by atoms with Crippen LogP contribution in [0.2, 0.25) is 0 Å². The molecule has 3 rings (SSSR count). The fourth-order valence-electron chi connectivity index (χ4n) is 2.81. The van der Waals surface area contributed by atoms with E-state index < -0.39 is 15.8 Å². The standard InChI is InChI=1S/C17H18BrFN2O3S/c18-14-1-6-17(22)13(11-14)12-20-7-9-21(10-8-20)25(23,24)16-4-2-15(19)3-5-16/h1-6,11,22H,7-10,12H2. The molecule has 25 heavy (non-hydrogen) atoms. The van der Waals surface area contributed by atoms with E-state index in [-0.39, 0.29) is 10.6 Å². The van der Waals surface area contributed by atoms with Crippen molar-refractivity contribution in [1.82, 2.24) is 9.21 Å². The van der Waals surface area contributed by atoms with Gasteiger partial charge in [-0.25, -0.2) is 12.8 Å². The van der Waals surface area contributed by atoms with Gasteiger partial charge in [0, 0.05) is 42.8 Å². The Balaban J connectivity index is 1.65. The third-order valence-electron chi connectivity index (χ3n) is 4.22. The summed E-state index contributed by atoms with van der Waals surface area (Å²) in [5.74, 6) is -0.234. The first-order valence-electron chi connectivity index (χ1n) is 7.82. The van der Waals surface area contributed by atoms with Gasteiger partial charge in [-0.3, -0.25) is 4.90 Å². The summed E-state index contributed by atoms with van der Waals surface area (Å²) in [6.45, 7) is 2.39. The molecule has 134 valence electrons. The smallest absolute Gasteiger partial charge is 0.243 e. The number of phenols is 1. The number of phenolic OH excluding ortho intramolecular Hbond substituents is 1. The van der Waals surface area contributed by atoms with Crippen LogP contribution in [-0.2, 0) is 16.6 Å². The number of hydrogen-bond donors (Lipinski definition) is 1. The maximum atomic E-state index is 13.0. The molecule has 0 bridgehead atoms. The second kappa shape index (κ2) is 7.41. The van der Waals surface area contributed by atoms with Crippen LogP contribution in [0, 0.1) is 5.82 Å². The van der Waals surface area contributed by atoms with E-state index in [0.717, 1.165) is 22.2 Å². The van der Waals surface area contributed by atoms with Crippen molar-refractivity contribution in [2.45, 2.75) is 11.4 Å². The lowest BCUT2D eigenvalue weighted by Gasteiger charge is -2.34. The van der Waals surface area contributed by atoms with Gasteiger partial charge in [-0.15, -0.1) is 0 Å². The van der Waals surface area contributed by atoms with Crippen LogP contribution < -0.4 is 0 Å². The zero-order valence-corrected chi connectivity index (χ0v) is 15.8. The Hall–Kier alpha value is -1.48. The molecule has 2 aromatic carbocycles. The van der Waals surface area contributed by atoms with E-state index in [1.54, 1.807) is 12.1 Å². The molecule has 8 heteroatoms. The molecule has 0 atom stereocenters. The van der Waals surface area contributed by atoms with Crippen molar-refractivity contribution in [2.75, 3.05) is 26.2 Å². The Morgan fingerprint density at radius 3 is 2.32 bits per heavy atom. The summed E-state index contributed by atoms with van der Waals surface area (Å²) in [7, 11) is -3.61. The summed E-state index contributed by atoms with van der Waals surface area (Å²) >= 11 is 3.38. The van der Waals surface area contributed by atoms with Crippen molar-refractivity contribution in [3.8, 4) is 5.75 Å². The summed E-state index contributed by atoms with van der Waals surface area (Å²) in [5, 5.41) is 9.93. The highest BCUT2D eigenvalue weighted by Gasteiger charge is 2.28. The molecule has 0 aromatic heterocycles. The van der Waals surface area contributed by atoms with Gasteiger partial charge < -0.3 is 5.11 Å². The SMILES string of the molecule is O=S(=O)(c1ccc(F)cc1)N1CCN(Cc2cc(Br)ccc2O)CC1. The van der Waals surface area contributed by atoms with Gasteiger partial charge in [-0.1, -0.05) is 15.9 Å². The van der Waals surface area contributed by atoms with E-state index >= 15 is 0 Å². The molecule has 1 saturated heterocycles. The van der Waals surface area contributed by atoms with Crippen molar-refractivity contribution in [3.63, 3.8) is 0 Å². The van der Waals surface area contributed by atoms with Gasteiger partial charge in [-0.05, 0) is 42.5 Å². The van der Waals surface area contributed by atoms with Crippen LogP contribution in [-0.4, -0.2) is 48.9 Å². The number of rotatable bonds is 4. The Bertz CT molecular complexity index is 851. The van der Waals surface area contributed by atoms with Gasteiger partial charge in [0.05, 0.1) is 4.90 Å². The highest BCUT2D eigenvalue weighted by atomic mass is 79.9. The molecule has 0 saturated carbocycles. The van der Waals surface area contributed by atoms with Crippen molar-refractivity contribution >= 4 is 26.0 Å². The highest BCUT2D eigenvalue weighted by Crippen LogP contribution is 2.24. The lowest BCUT2D eigenvalue weighted by molar-refractivity contribution is 0.180. The summed E-state index contributed by atoms with van der Waals surface area (Å²) < 4.78 is 40.5. The minimum Gasteiger partial charge on any atom is -0.508 e. The van der Waals surface area contributed by atoms with Crippen LogP contribution in [0.4, 0.5) is 4.39 Å². The third kappa shape index (κ3) is 4.20. The maximum absolute atomic E-state index is 13.0. The molecule has 1 fully saturated rings. The Kier molecular flexibility index (Phi) is 5.43. The Morgan fingerprint density at radius 1 is 1.04 bits per heavy atom. The van der Waals surface area contributed by atoms with Crippen LogP contribution in [0.5, 0.6) is 5.75 Å². The topological polar surface area (TPSA) is 60.9 Å². The summed E-state index contributed by atoms with van der Waals surface area (Å²) in [6, 6.07) is 10.1. The average Bonchev–Trinajstić information content (AvgIpc) is 2.59. The molecule has 1 aliphatic heterocycles. The van der Waals surface area contributed by atoms with Crippen LogP contribution in [0.3, 0.4) is 0 Å². The molecule has 0 spiro atoms. The van der Waals surface area contributed by atoms with E-state index in [0.29, 0.717) is 32.7 Å². The molecule has 0 unspecified atom stereocenters. The van der Waals surface area contributed by atoms with E-state index in [2.05, 4.69) is 20.8 Å². The van der Waals surface area contributed by atoms with Crippen molar-refractivity contribution < 1.29 is 17.9 Å². The van der Waals surface area contributed by atoms with Gasteiger partial charge in [0.1, 0.15) is 11.6 Å². The highest BCUT2D eigenvalue weighted by molar-refractivity contribution is 9.10. The quantitative estimate of drug-likeness (QED) is 0.812. The monoisotopic (exact) mass is 428 g/mol. The first-order valence-corrected chi connectivity index (χ1v) is 10.0. The molecule has 0 aliphatic carbocycles. The summed E-state index contributed by atoms with van der Waals surface area (Å²) in [6.07, 6.45) is 0. The lowest BCUT2D eigenvalue weighted by Crippen LogP contribution is -2.48. The van der Waals surface area contributed by atoms with Gasteiger partial charge in [0.2, 0.25) is 10.0 Å². The number of aromatic hydroxyl groups is 1. The first-order chi connectivity index (χ1) is 11.9. The largest absolute Gasteiger partial charge is 0.508 e. The van der Waals surface area contributed by atoms with Crippen LogP contribution in [0.1, 0.15) is 5.56 Å². The molecule has 1 aliphatic rings. The molecular weight excluding hydrogens is 411 g/mol. The van der Waals surface area contributed by atoms with E-state index in [1.165, 1.54) is 16.4 Å². The van der Waals surface area contributed by atoms with Crippen LogP contribution >= 0.6 is 15.9 Å². The van der Waals surface area contributed by atoms with E-state index in [9.17, 15) is 17.9 Å². The number of sulfonamides is 1. The molecule has 1 heterocycles. The van der Waals surface area contributed by atoms with Crippen molar-refractivity contribution in [3.05, 3.63) is 58.3 Å². The fraction of sp³-hybridized carbons (Fsp3) is 0.294. The van der Waals surface area contributed by atoms with Crippen LogP contribution in [0.15, 0.2) is 51.8 Å². The number of benzene rings is 2. The molecule has 2 aromatic rings. The third-order valence-corrected chi connectivity index (χ3v) is 6.62. The average molecular weight is 429 g/mol. The number of piperazine rings is 1. The first kappa shape index (κ1) is 18.3. The van der Waals surface area contributed by atoms with E-state index in [4.69, 9.17) is 0 Å². The molecule has 5 nitrogen and oxygen atoms in total. The van der Waals surface area contributed by atoms with Crippen molar-refractivity contribution in [1.29, 1.82) is 0 Å². The minimum absolute atomic E-state index is 0.104. The maximum Gasteiger partial charge on any atom is 0.243 e. The van der Waals surface area contributed by atoms with E-state index in [1.807, 2.05) is 6.07 Å². The zero-order chi connectivity index (χ0) is 18.0. The summed E-state index contributed by atoms with van der Waals surface area (Å²) in [5.41, 5.74) is 0.796. The second-order valence-electron chi connectivity index (χ2n) is 5.91. The zero-order valence-electron chi connectivity index (χ0n) is 13.4. The number of halogens is 2. The number of hydrogen-bond acceptors (Lipinski definition) is 4. The predicted octanol–water partition coefficient (Wildman–Crippen LogP) is 2.80. The molecule has 0 amide bonds. The van der Waals surface area contributed by atoms with Crippen molar-refractivity contribution in [2.24, 2.45) is 0 Å². The predicted molar refractivity (Wildman–Crippen MR) is 96.2 cm³/mol. The second-order valence-corrected chi connectivity index (χ2v) is 8.76. The molecule has 1 N–H and O–H groups in total. The van der Waals surface area contributed by atoms with Gasteiger partial charge in [0.25, 0.3) is 0 Å². The number of nitrogens with zero attached hydrogens (tertiary/aromatic N) is 2. The summed E-state index contributed by atoms with van der Waals surface area (Å²) in [4.78, 5) is 2.20. The Morgan fingerprint density at radius 2 is 1.68 bits per heavy atom. The molecule has 0 radical (unpaired) electrons. The lowest BCUT2D eigenvalue weighted by atomic mass is 10.2.